The number of nitrogens with one attached hydrogen (secondary N) is 2. The summed E-state index contributed by atoms with van der Waals surface area (Å²) in [7, 11) is -0.301. The number of carbonyl (C=O) groups is 1. The fraction of sp³-hybridized carbons (Fsp3) is 0.714. The maximum atomic E-state index is 11.2. The lowest BCUT2D eigenvalue weighted by atomic mass is 10.6. The van der Waals surface area contributed by atoms with Gasteiger partial charge in [-0.3, -0.25) is 0 Å². The van der Waals surface area contributed by atoms with Crippen molar-refractivity contribution in [3.8, 4) is 0 Å². The Hall–Kier alpha value is -0.930. The van der Waals surface area contributed by atoms with Gasteiger partial charge in [0.1, 0.15) is 5.75 Å². The first kappa shape index (κ1) is 15.1. The predicted octanol–water partition coefficient (Wildman–Crippen LogP) is -1.54. The van der Waals surface area contributed by atoms with Crippen LogP contribution in [0.15, 0.2) is 0 Å². The fourth-order valence-corrected chi connectivity index (χ4v) is 2.13. The number of rotatable bonds is 6. The van der Waals surface area contributed by atoms with Gasteiger partial charge in [-0.2, -0.15) is 0 Å². The minimum absolute atomic E-state index is 0.0928. The molecule has 0 fully saturated rings. The standard InChI is InChI=1S/C7H16N4O3S2/c1-11(2)7(12)9-3-4-10-16(13,14)5-6(8)15/h10H,3-5H2,1-2H3,(H2,8,15)(H,9,12). The van der Waals surface area contributed by atoms with E-state index in [4.69, 9.17) is 5.73 Å². The van der Waals surface area contributed by atoms with E-state index in [-0.39, 0.29) is 29.9 Å². The Labute approximate surface area is 100 Å². The van der Waals surface area contributed by atoms with Crippen molar-refractivity contribution in [1.82, 2.24) is 14.9 Å². The van der Waals surface area contributed by atoms with Crippen molar-refractivity contribution in [2.24, 2.45) is 5.73 Å². The number of sulfonamides is 1. The van der Waals surface area contributed by atoms with E-state index in [0.717, 1.165) is 0 Å². The fourth-order valence-electron chi connectivity index (χ4n) is 0.772. The summed E-state index contributed by atoms with van der Waals surface area (Å²) >= 11 is 4.48. The molecule has 0 spiro atoms. The number of hydrogen-bond donors (Lipinski definition) is 3. The zero-order chi connectivity index (χ0) is 12.8. The molecule has 0 rings (SSSR count). The number of urea groups is 1. The van der Waals surface area contributed by atoms with Gasteiger partial charge in [0.05, 0.1) is 4.99 Å². The first-order chi connectivity index (χ1) is 7.24. The van der Waals surface area contributed by atoms with Gasteiger partial charge in [-0.15, -0.1) is 0 Å². The molecule has 0 aliphatic carbocycles. The van der Waals surface area contributed by atoms with Crippen molar-refractivity contribution in [2.45, 2.75) is 0 Å². The zero-order valence-electron chi connectivity index (χ0n) is 9.19. The molecule has 94 valence electrons. The monoisotopic (exact) mass is 268 g/mol. The molecule has 0 bridgehead atoms. The highest BCUT2D eigenvalue weighted by Crippen LogP contribution is 1.83. The molecule has 0 heterocycles. The van der Waals surface area contributed by atoms with Gasteiger partial charge in [0.25, 0.3) is 0 Å². The molecule has 0 aliphatic rings. The van der Waals surface area contributed by atoms with Gasteiger partial charge in [-0.1, -0.05) is 12.2 Å². The molecule has 2 amide bonds. The lowest BCUT2D eigenvalue weighted by Gasteiger charge is -2.12. The van der Waals surface area contributed by atoms with Crippen LogP contribution < -0.4 is 15.8 Å². The second-order valence-electron chi connectivity index (χ2n) is 3.25. The maximum Gasteiger partial charge on any atom is 0.316 e. The van der Waals surface area contributed by atoms with E-state index in [9.17, 15) is 13.2 Å². The molecular formula is C7H16N4O3S2. The Morgan fingerprint density at radius 2 is 1.94 bits per heavy atom. The number of nitrogens with two attached hydrogens (primary N) is 1. The molecule has 0 unspecified atom stereocenters. The number of carbonyl (C=O) groups excluding carboxylic acids is 1. The van der Waals surface area contributed by atoms with Crippen LogP contribution in [0.25, 0.3) is 0 Å². The first-order valence-electron chi connectivity index (χ1n) is 4.45. The SMILES string of the molecule is CN(C)C(=O)NCCNS(=O)(=O)CC(N)=S. The number of amides is 2. The number of thiocarbonyl (C=S) groups is 1. The van der Waals surface area contributed by atoms with Crippen LogP contribution in [-0.2, 0) is 10.0 Å². The summed E-state index contributed by atoms with van der Waals surface area (Å²) in [6, 6.07) is -0.284. The van der Waals surface area contributed by atoms with Gasteiger partial charge in [0, 0.05) is 27.2 Å². The average Bonchev–Trinajstić information content (AvgIpc) is 2.09. The lowest BCUT2D eigenvalue weighted by molar-refractivity contribution is 0.217. The second kappa shape index (κ2) is 6.61. The summed E-state index contributed by atoms with van der Waals surface area (Å²) in [5.74, 6) is -0.385. The largest absolute Gasteiger partial charge is 0.392 e. The maximum absolute atomic E-state index is 11.2. The molecular weight excluding hydrogens is 252 g/mol. The van der Waals surface area contributed by atoms with Crippen LogP contribution in [-0.4, -0.2) is 57.3 Å². The minimum Gasteiger partial charge on any atom is -0.392 e. The summed E-state index contributed by atoms with van der Waals surface area (Å²) in [6.07, 6.45) is 0. The number of nitrogens with zero attached hydrogens (tertiary/aromatic N) is 1. The van der Waals surface area contributed by atoms with Crippen LogP contribution in [0.3, 0.4) is 0 Å². The van der Waals surface area contributed by atoms with Crippen molar-refractivity contribution in [3.63, 3.8) is 0 Å². The van der Waals surface area contributed by atoms with E-state index in [1.54, 1.807) is 14.1 Å². The Kier molecular flexibility index (Phi) is 6.22. The normalized spacial score (nSPS) is 10.9. The van der Waals surface area contributed by atoms with E-state index in [1.807, 2.05) is 0 Å². The second-order valence-corrected chi connectivity index (χ2v) is 5.58. The molecule has 0 aromatic rings. The third-order valence-corrected chi connectivity index (χ3v) is 3.12. The molecule has 0 saturated carbocycles. The van der Waals surface area contributed by atoms with Crippen LogP contribution in [0.2, 0.25) is 0 Å². The highest BCUT2D eigenvalue weighted by Gasteiger charge is 2.11. The molecule has 16 heavy (non-hydrogen) atoms. The van der Waals surface area contributed by atoms with Gasteiger partial charge in [-0.25, -0.2) is 17.9 Å². The van der Waals surface area contributed by atoms with Crippen LogP contribution in [0.1, 0.15) is 0 Å². The third kappa shape index (κ3) is 7.37. The molecule has 0 saturated heterocycles. The van der Waals surface area contributed by atoms with Crippen LogP contribution in [0.4, 0.5) is 4.79 Å². The molecule has 0 aromatic carbocycles. The van der Waals surface area contributed by atoms with Gasteiger partial charge >= 0.3 is 6.03 Å². The van der Waals surface area contributed by atoms with Gasteiger partial charge < -0.3 is 16.0 Å². The van der Waals surface area contributed by atoms with Crippen LogP contribution in [0.5, 0.6) is 0 Å². The third-order valence-electron chi connectivity index (χ3n) is 1.46. The zero-order valence-corrected chi connectivity index (χ0v) is 10.8. The quantitative estimate of drug-likeness (QED) is 0.400. The van der Waals surface area contributed by atoms with E-state index in [2.05, 4.69) is 22.3 Å². The first-order valence-corrected chi connectivity index (χ1v) is 6.51. The lowest BCUT2D eigenvalue weighted by Crippen LogP contribution is -2.41. The van der Waals surface area contributed by atoms with E-state index in [0.29, 0.717) is 0 Å². The molecule has 0 radical (unpaired) electrons. The van der Waals surface area contributed by atoms with Gasteiger partial charge in [0.2, 0.25) is 10.0 Å². The predicted molar refractivity (Wildman–Crippen MR) is 65.7 cm³/mol. The van der Waals surface area contributed by atoms with E-state index < -0.39 is 10.0 Å². The summed E-state index contributed by atoms with van der Waals surface area (Å²) < 4.78 is 24.7. The summed E-state index contributed by atoms with van der Waals surface area (Å²) in [5, 5.41) is 2.50. The van der Waals surface area contributed by atoms with E-state index in [1.165, 1.54) is 4.90 Å². The molecule has 0 aliphatic heterocycles. The van der Waals surface area contributed by atoms with Gasteiger partial charge in [-0.05, 0) is 0 Å². The van der Waals surface area contributed by atoms with E-state index >= 15 is 0 Å². The summed E-state index contributed by atoms with van der Waals surface area (Å²) in [4.78, 5) is 12.3. The average molecular weight is 268 g/mol. The molecule has 9 heteroatoms. The topological polar surface area (TPSA) is 105 Å². The molecule has 0 atom stereocenters. The Morgan fingerprint density at radius 3 is 2.38 bits per heavy atom. The highest BCUT2D eigenvalue weighted by atomic mass is 32.2. The van der Waals surface area contributed by atoms with Crippen LogP contribution >= 0.6 is 12.2 Å². The molecule has 7 nitrogen and oxygen atoms in total. The van der Waals surface area contributed by atoms with Crippen molar-refractivity contribution in [1.29, 1.82) is 0 Å². The van der Waals surface area contributed by atoms with Crippen LogP contribution in [0, 0.1) is 0 Å². The summed E-state index contributed by atoms with van der Waals surface area (Å²) in [6.45, 7) is 0.304. The molecule has 0 aromatic heterocycles. The van der Waals surface area contributed by atoms with Crippen molar-refractivity contribution < 1.29 is 13.2 Å². The Bertz CT molecular complexity index is 353. The minimum atomic E-state index is -3.48. The number of hydrogen-bond acceptors (Lipinski definition) is 4. The Morgan fingerprint density at radius 1 is 1.38 bits per heavy atom. The smallest absolute Gasteiger partial charge is 0.316 e. The van der Waals surface area contributed by atoms with Gasteiger partial charge in [0.15, 0.2) is 0 Å². The molecule has 4 N–H and O–H groups in total. The van der Waals surface area contributed by atoms with Crippen molar-refractivity contribution >= 4 is 33.3 Å². The van der Waals surface area contributed by atoms with Crippen molar-refractivity contribution in [3.05, 3.63) is 0 Å². The summed E-state index contributed by atoms with van der Waals surface area (Å²) in [5.41, 5.74) is 5.11. The Balaban J connectivity index is 3.83. The van der Waals surface area contributed by atoms with Crippen molar-refractivity contribution in [2.75, 3.05) is 32.9 Å². The highest BCUT2D eigenvalue weighted by molar-refractivity contribution is 7.92.